The van der Waals surface area contributed by atoms with Gasteiger partial charge in [-0.3, -0.25) is 10.1 Å². The van der Waals surface area contributed by atoms with Crippen LogP contribution < -0.4 is 15.4 Å². The maximum absolute atomic E-state index is 11.2. The molecule has 1 aromatic rings. The van der Waals surface area contributed by atoms with Gasteiger partial charge >= 0.3 is 0 Å². The van der Waals surface area contributed by atoms with Crippen LogP contribution >= 0.6 is 0 Å². The Kier molecular flexibility index (Phi) is 2.55. The monoisotopic (exact) mass is 263 g/mol. The van der Waals surface area contributed by atoms with Gasteiger partial charge in [0.15, 0.2) is 0 Å². The van der Waals surface area contributed by atoms with Crippen molar-refractivity contribution >= 4 is 17.1 Å². The van der Waals surface area contributed by atoms with Crippen molar-refractivity contribution in [3.05, 3.63) is 22.2 Å². The van der Waals surface area contributed by atoms with Crippen LogP contribution in [0.2, 0.25) is 0 Å². The fraction of sp³-hybridized carbons (Fsp3) is 0.538. The molecule has 0 atom stereocenters. The number of ether oxygens (including phenoxy) is 1. The largest absolute Gasteiger partial charge is 0.495 e. The molecule has 2 fully saturated rings. The van der Waals surface area contributed by atoms with Crippen molar-refractivity contribution in [2.24, 2.45) is 5.41 Å². The van der Waals surface area contributed by atoms with Gasteiger partial charge in [0, 0.05) is 25.2 Å². The van der Waals surface area contributed by atoms with Gasteiger partial charge in [-0.15, -0.1) is 0 Å². The summed E-state index contributed by atoms with van der Waals surface area (Å²) in [5, 5.41) is 11.2. The van der Waals surface area contributed by atoms with Crippen molar-refractivity contribution in [3.8, 4) is 5.75 Å². The lowest BCUT2D eigenvalue weighted by Gasteiger charge is -2.19. The number of nitro groups is 1. The molecule has 19 heavy (non-hydrogen) atoms. The van der Waals surface area contributed by atoms with Crippen molar-refractivity contribution in [2.75, 3.05) is 30.8 Å². The second kappa shape index (κ2) is 4.01. The third-order valence-corrected chi connectivity index (χ3v) is 4.26. The SMILES string of the molecule is COc1cc(N2CCC3(CC3)C2)c([N+](=O)[O-])cc1N. The molecule has 1 aromatic carbocycles. The first-order chi connectivity index (χ1) is 9.04. The van der Waals surface area contributed by atoms with E-state index in [1.165, 1.54) is 26.0 Å². The highest BCUT2D eigenvalue weighted by atomic mass is 16.6. The highest BCUT2D eigenvalue weighted by Crippen LogP contribution is 2.54. The lowest BCUT2D eigenvalue weighted by molar-refractivity contribution is -0.384. The first kappa shape index (κ1) is 12.1. The molecule has 102 valence electrons. The van der Waals surface area contributed by atoms with Crippen molar-refractivity contribution < 1.29 is 9.66 Å². The summed E-state index contributed by atoms with van der Waals surface area (Å²) in [4.78, 5) is 12.9. The molecule has 0 aromatic heterocycles. The molecule has 6 nitrogen and oxygen atoms in total. The molecular weight excluding hydrogens is 246 g/mol. The van der Waals surface area contributed by atoms with E-state index in [4.69, 9.17) is 10.5 Å². The molecule has 1 saturated heterocycles. The zero-order chi connectivity index (χ0) is 13.6. The molecule has 0 unspecified atom stereocenters. The van der Waals surface area contributed by atoms with Gasteiger partial charge in [0.2, 0.25) is 0 Å². The molecule has 0 radical (unpaired) electrons. The molecule has 3 rings (SSSR count). The van der Waals surface area contributed by atoms with Crippen molar-refractivity contribution in [1.29, 1.82) is 0 Å². The van der Waals surface area contributed by atoms with Gasteiger partial charge in [0.1, 0.15) is 11.4 Å². The smallest absolute Gasteiger partial charge is 0.294 e. The van der Waals surface area contributed by atoms with E-state index >= 15 is 0 Å². The fourth-order valence-corrected chi connectivity index (χ4v) is 2.88. The number of methoxy groups -OCH3 is 1. The highest BCUT2D eigenvalue weighted by Gasteiger charge is 2.48. The highest BCUT2D eigenvalue weighted by molar-refractivity contribution is 5.74. The van der Waals surface area contributed by atoms with Gasteiger partial charge in [0.05, 0.1) is 17.7 Å². The van der Waals surface area contributed by atoms with Crippen molar-refractivity contribution in [3.63, 3.8) is 0 Å². The van der Waals surface area contributed by atoms with E-state index in [2.05, 4.69) is 4.90 Å². The summed E-state index contributed by atoms with van der Waals surface area (Å²) < 4.78 is 5.17. The zero-order valence-electron chi connectivity index (χ0n) is 10.9. The summed E-state index contributed by atoms with van der Waals surface area (Å²) in [5.41, 5.74) is 7.17. The molecule has 1 aliphatic carbocycles. The van der Waals surface area contributed by atoms with Crippen LogP contribution in [0, 0.1) is 15.5 Å². The van der Waals surface area contributed by atoms with E-state index in [0.29, 0.717) is 22.5 Å². The Morgan fingerprint density at radius 2 is 2.16 bits per heavy atom. The predicted molar refractivity (Wildman–Crippen MR) is 72.6 cm³/mol. The molecule has 1 aliphatic heterocycles. The Hall–Kier alpha value is -1.98. The summed E-state index contributed by atoms with van der Waals surface area (Å²) in [6, 6.07) is 3.08. The van der Waals surface area contributed by atoms with Crippen LogP contribution in [0.1, 0.15) is 19.3 Å². The summed E-state index contributed by atoms with van der Waals surface area (Å²) in [6.45, 7) is 1.77. The van der Waals surface area contributed by atoms with E-state index in [1.54, 1.807) is 6.07 Å². The summed E-state index contributed by atoms with van der Waals surface area (Å²) in [5.74, 6) is 0.498. The predicted octanol–water partition coefficient (Wildman–Crippen LogP) is 2.18. The van der Waals surface area contributed by atoms with Crippen LogP contribution in [0.15, 0.2) is 12.1 Å². The van der Waals surface area contributed by atoms with Crippen LogP contribution in [0.4, 0.5) is 17.1 Å². The van der Waals surface area contributed by atoms with Crippen LogP contribution in [0.25, 0.3) is 0 Å². The normalized spacial score (nSPS) is 19.7. The van der Waals surface area contributed by atoms with E-state index in [9.17, 15) is 10.1 Å². The third kappa shape index (κ3) is 1.97. The van der Waals surface area contributed by atoms with Gasteiger partial charge in [-0.1, -0.05) is 0 Å². The average Bonchev–Trinajstić information content (AvgIpc) is 3.00. The third-order valence-electron chi connectivity index (χ3n) is 4.26. The van der Waals surface area contributed by atoms with E-state index in [0.717, 1.165) is 19.5 Å². The summed E-state index contributed by atoms with van der Waals surface area (Å²) in [7, 11) is 1.52. The number of hydrogen-bond donors (Lipinski definition) is 1. The van der Waals surface area contributed by atoms with Crippen molar-refractivity contribution in [2.45, 2.75) is 19.3 Å². The number of rotatable bonds is 3. The van der Waals surface area contributed by atoms with E-state index < -0.39 is 0 Å². The minimum Gasteiger partial charge on any atom is -0.495 e. The molecule has 2 N–H and O–H groups in total. The van der Waals surface area contributed by atoms with Crippen LogP contribution in [-0.2, 0) is 0 Å². The number of nitrogens with two attached hydrogens (primary N) is 1. The average molecular weight is 263 g/mol. The molecule has 1 saturated carbocycles. The molecule has 6 heteroatoms. The van der Waals surface area contributed by atoms with Crippen molar-refractivity contribution in [1.82, 2.24) is 0 Å². The molecule has 1 spiro atoms. The zero-order valence-corrected chi connectivity index (χ0v) is 10.9. The Bertz CT molecular complexity index is 540. The Labute approximate surface area is 111 Å². The number of nitro benzene ring substituents is 1. The number of anilines is 2. The Balaban J connectivity index is 2.00. The van der Waals surface area contributed by atoms with Gasteiger partial charge in [-0.2, -0.15) is 0 Å². The molecule has 2 aliphatic rings. The molecule has 0 bridgehead atoms. The quantitative estimate of drug-likeness (QED) is 0.513. The van der Waals surface area contributed by atoms with E-state index in [-0.39, 0.29) is 10.6 Å². The minimum absolute atomic E-state index is 0.0657. The van der Waals surface area contributed by atoms with Crippen LogP contribution in [0.3, 0.4) is 0 Å². The molecular formula is C13H17N3O3. The molecule has 1 heterocycles. The summed E-state index contributed by atoms with van der Waals surface area (Å²) >= 11 is 0. The second-order valence-electron chi connectivity index (χ2n) is 5.51. The first-order valence-electron chi connectivity index (χ1n) is 6.41. The lowest BCUT2D eigenvalue weighted by atomic mass is 10.1. The maximum atomic E-state index is 11.2. The molecule has 0 amide bonds. The van der Waals surface area contributed by atoms with Gasteiger partial charge < -0.3 is 15.4 Å². The Morgan fingerprint density at radius 1 is 1.42 bits per heavy atom. The van der Waals surface area contributed by atoms with Gasteiger partial charge in [-0.25, -0.2) is 0 Å². The lowest BCUT2D eigenvalue weighted by Crippen LogP contribution is -2.21. The Morgan fingerprint density at radius 3 is 2.68 bits per heavy atom. The van der Waals surface area contributed by atoms with Crippen LogP contribution in [-0.4, -0.2) is 25.1 Å². The number of nitrogen functional groups attached to an aromatic ring is 1. The summed E-state index contributed by atoms with van der Waals surface area (Å²) in [6.07, 6.45) is 3.60. The van der Waals surface area contributed by atoms with Gasteiger partial charge in [0.25, 0.3) is 5.69 Å². The first-order valence-corrected chi connectivity index (χ1v) is 6.41. The standard InChI is InChI=1S/C13H17N3O3/c1-19-12-7-10(11(16(17)18)6-9(12)14)15-5-4-13(8-15)2-3-13/h6-7H,2-5,8,14H2,1H3. The van der Waals surface area contributed by atoms with E-state index in [1.807, 2.05) is 0 Å². The number of benzene rings is 1. The second-order valence-corrected chi connectivity index (χ2v) is 5.51. The van der Waals surface area contributed by atoms with Gasteiger partial charge in [-0.05, 0) is 24.7 Å². The topological polar surface area (TPSA) is 81.6 Å². The number of hydrogen-bond acceptors (Lipinski definition) is 5. The minimum atomic E-state index is -0.372. The van der Waals surface area contributed by atoms with Crippen LogP contribution in [0.5, 0.6) is 5.75 Å². The maximum Gasteiger partial charge on any atom is 0.294 e. The number of nitrogens with zero attached hydrogens (tertiary/aromatic N) is 2. The fourth-order valence-electron chi connectivity index (χ4n) is 2.88.